The molecule has 0 bridgehead atoms. The van der Waals surface area contributed by atoms with Crippen LogP contribution in [0.25, 0.3) is 0 Å². The summed E-state index contributed by atoms with van der Waals surface area (Å²) in [6.45, 7) is 3.60. The Morgan fingerprint density at radius 1 is 0.559 bits per heavy atom. The first-order valence-corrected chi connectivity index (χ1v) is 20.8. The van der Waals surface area contributed by atoms with Crippen molar-refractivity contribution in [3.05, 3.63) is 164 Å². The van der Waals surface area contributed by atoms with E-state index in [1.807, 2.05) is 31.2 Å². The van der Waals surface area contributed by atoms with E-state index in [9.17, 15) is 45.4 Å². The van der Waals surface area contributed by atoms with Gasteiger partial charge in [-0.2, -0.15) is 16.8 Å². The lowest BCUT2D eigenvalue weighted by atomic mass is 9.81. The highest BCUT2D eigenvalue weighted by Gasteiger charge is 2.38. The Kier molecular flexibility index (Phi) is 9.29. The van der Waals surface area contributed by atoms with E-state index in [4.69, 9.17) is 11.5 Å². The number of aliphatic hydroxyl groups is 1. The van der Waals surface area contributed by atoms with Crippen LogP contribution in [0, 0.1) is 13.8 Å². The molecular weight excluding hydrogens is 797 g/mol. The third-order valence-corrected chi connectivity index (χ3v) is 12.4. The highest BCUT2D eigenvalue weighted by molar-refractivity contribution is 7.86. The molecule has 1 atom stereocenters. The van der Waals surface area contributed by atoms with Crippen molar-refractivity contribution in [1.82, 2.24) is 0 Å². The van der Waals surface area contributed by atoms with Gasteiger partial charge in [-0.1, -0.05) is 72.8 Å². The largest absolute Gasteiger partial charge is 0.397 e. The fourth-order valence-corrected chi connectivity index (χ4v) is 9.15. The van der Waals surface area contributed by atoms with Gasteiger partial charge in [0.15, 0.2) is 17.3 Å². The van der Waals surface area contributed by atoms with Crippen molar-refractivity contribution in [2.45, 2.75) is 36.2 Å². The second-order valence-corrected chi connectivity index (χ2v) is 17.2. The zero-order valence-electron chi connectivity index (χ0n) is 31.2. The predicted octanol–water partition coefficient (Wildman–Crippen LogP) is 6.44. The van der Waals surface area contributed by atoms with Gasteiger partial charge in [-0.05, 0) is 72.4 Å². The fraction of sp³-hybridized carbons (Fsp3) is 0.0930. The van der Waals surface area contributed by atoms with Crippen molar-refractivity contribution in [3.63, 3.8) is 0 Å². The van der Waals surface area contributed by atoms with Crippen LogP contribution in [0.4, 0.5) is 34.1 Å². The van der Waals surface area contributed by atoms with Crippen molar-refractivity contribution >= 4 is 71.7 Å². The summed E-state index contributed by atoms with van der Waals surface area (Å²) in [5, 5.41) is 17.5. The summed E-state index contributed by atoms with van der Waals surface area (Å²) in [5.41, 5.74) is 15.5. The number of aryl methyl sites for hydroxylation is 2. The summed E-state index contributed by atoms with van der Waals surface area (Å²) in [6.07, 6.45) is -0.994. The number of nitrogens with one attached hydrogen (secondary N) is 2. The van der Waals surface area contributed by atoms with Gasteiger partial charge in [0.25, 0.3) is 20.2 Å². The number of fused-ring (bicyclic) bond motifs is 4. The Bertz CT molecular complexity index is 3110. The molecule has 0 saturated heterocycles. The van der Waals surface area contributed by atoms with Crippen molar-refractivity contribution in [2.24, 2.45) is 0 Å². The number of anilines is 6. The molecule has 14 nitrogen and oxygen atoms in total. The molecule has 9 N–H and O–H groups in total. The number of hydrogen-bond acceptors (Lipinski definition) is 12. The van der Waals surface area contributed by atoms with E-state index in [1.165, 1.54) is 12.1 Å². The van der Waals surface area contributed by atoms with Gasteiger partial charge in [0.2, 0.25) is 0 Å². The first-order valence-electron chi connectivity index (χ1n) is 18.0. The van der Waals surface area contributed by atoms with Crippen LogP contribution in [0.1, 0.15) is 87.2 Å². The van der Waals surface area contributed by atoms with Crippen LogP contribution in [0.15, 0.2) is 107 Å². The second-order valence-electron chi connectivity index (χ2n) is 14.4. The molecule has 59 heavy (non-hydrogen) atoms. The molecular formula is C43H34N4O10S2. The Labute approximate surface area is 338 Å². The number of nitrogens with two attached hydrogens (primary N) is 2. The highest BCUT2D eigenvalue weighted by Crippen LogP contribution is 2.45. The predicted molar refractivity (Wildman–Crippen MR) is 220 cm³/mol. The molecule has 1 unspecified atom stereocenters. The van der Waals surface area contributed by atoms with Crippen molar-refractivity contribution in [2.75, 3.05) is 22.1 Å². The van der Waals surface area contributed by atoms with Crippen LogP contribution in [0.5, 0.6) is 0 Å². The van der Waals surface area contributed by atoms with Crippen LogP contribution in [0.2, 0.25) is 0 Å². The molecule has 8 rings (SSSR count). The molecule has 0 aromatic heterocycles. The fourth-order valence-electron chi connectivity index (χ4n) is 7.85. The maximum Gasteiger partial charge on any atom is 0.296 e. The van der Waals surface area contributed by atoms with Crippen LogP contribution >= 0.6 is 0 Å². The quantitative estimate of drug-likeness (QED) is 0.0643. The summed E-state index contributed by atoms with van der Waals surface area (Å²) in [6, 6.07) is 25.5. The maximum atomic E-state index is 13.8. The van der Waals surface area contributed by atoms with Crippen molar-refractivity contribution in [3.8, 4) is 0 Å². The molecule has 2 aliphatic rings. The minimum Gasteiger partial charge on any atom is -0.397 e. The third-order valence-electron chi connectivity index (χ3n) is 10.7. The summed E-state index contributed by atoms with van der Waals surface area (Å²) in [5.74, 6) is -1.68. The van der Waals surface area contributed by atoms with E-state index >= 15 is 0 Å². The highest BCUT2D eigenvalue weighted by atomic mass is 32.2. The lowest BCUT2D eigenvalue weighted by molar-refractivity contribution is 0.0980. The number of rotatable bonds is 8. The number of aliphatic hydroxyl groups excluding tert-OH is 1. The van der Waals surface area contributed by atoms with Gasteiger partial charge in [-0.3, -0.25) is 23.5 Å². The van der Waals surface area contributed by atoms with E-state index in [0.29, 0.717) is 28.9 Å². The topological polar surface area (TPSA) is 256 Å². The van der Waals surface area contributed by atoms with Gasteiger partial charge >= 0.3 is 0 Å². The van der Waals surface area contributed by atoms with Gasteiger partial charge in [-0.25, -0.2) is 0 Å². The summed E-state index contributed by atoms with van der Waals surface area (Å²) in [4.78, 5) is 39.7. The maximum absolute atomic E-state index is 13.8. The van der Waals surface area contributed by atoms with Crippen LogP contribution in [-0.2, 0) is 26.7 Å². The molecule has 0 saturated carbocycles. The number of carbonyl (C=O) groups is 3. The molecule has 0 heterocycles. The molecule has 0 radical (unpaired) electrons. The molecule has 16 heteroatoms. The number of nitrogen functional groups attached to an aromatic ring is 2. The molecule has 0 amide bonds. The monoisotopic (exact) mass is 830 g/mol. The average molecular weight is 831 g/mol. The van der Waals surface area contributed by atoms with Crippen LogP contribution in [-0.4, -0.2) is 48.4 Å². The summed E-state index contributed by atoms with van der Waals surface area (Å²) in [7, 11) is -9.77. The molecule has 298 valence electrons. The first kappa shape index (κ1) is 39.2. The van der Waals surface area contributed by atoms with E-state index in [0.717, 1.165) is 23.3 Å². The molecule has 6 aromatic carbocycles. The number of benzene rings is 6. The second kappa shape index (κ2) is 14.0. The Morgan fingerprint density at radius 2 is 1.00 bits per heavy atom. The smallest absolute Gasteiger partial charge is 0.296 e. The van der Waals surface area contributed by atoms with Crippen LogP contribution < -0.4 is 22.1 Å². The molecule has 6 aromatic rings. The van der Waals surface area contributed by atoms with E-state index < -0.39 is 64.9 Å². The van der Waals surface area contributed by atoms with Gasteiger partial charge < -0.3 is 27.2 Å². The van der Waals surface area contributed by atoms with E-state index in [1.54, 1.807) is 55.5 Å². The Morgan fingerprint density at radius 3 is 1.51 bits per heavy atom. The molecule has 0 spiro atoms. The Hall–Kier alpha value is -6.69. The van der Waals surface area contributed by atoms with Gasteiger partial charge in [0.05, 0.1) is 39.4 Å². The Balaban J connectivity index is 1.09. The van der Waals surface area contributed by atoms with Gasteiger partial charge in [0, 0.05) is 33.6 Å². The average Bonchev–Trinajstić information content (AvgIpc) is 3.18. The van der Waals surface area contributed by atoms with Crippen molar-refractivity contribution in [1.29, 1.82) is 0 Å². The zero-order valence-corrected chi connectivity index (χ0v) is 32.8. The van der Waals surface area contributed by atoms with Gasteiger partial charge in [0.1, 0.15) is 15.9 Å². The van der Waals surface area contributed by atoms with Crippen molar-refractivity contribution < 1.29 is 45.4 Å². The number of ketones is 3. The van der Waals surface area contributed by atoms with E-state index in [-0.39, 0.29) is 55.9 Å². The number of carbonyl (C=O) groups excluding carboxylic acids is 3. The SMILES string of the molecule is Cc1cc(Cc2ccc(Nc3cc(S(=O)(=O)O)c(N)c4c3C(=O)c3ccccc3C4O)c(C)c2)ccc1Nc1cc(S(=O)(=O)O)c(N)c2c1C(=O)c1ccccc1C2=O. The minimum absolute atomic E-state index is 0.0243. The number of hydrogen-bond donors (Lipinski definition) is 7. The standard InChI is InChI=1S/C43H34N4O10S2/c1-20-15-22(11-13-28(20)46-30-18-32(58(52,53)54)38(44)36-34(30)40(48)24-7-3-5-9-26(24)42(36)50)17-23-12-14-29(21(2)16-23)47-31-19-33(59(55,56)57)39(45)37-35(31)41(49)25-8-4-6-10-27(25)43(37)51/h3-16,18-19,42,46-47,50H,17,44-45H2,1-2H3,(H,52,53,54)(H,55,56,57). The third kappa shape index (κ3) is 6.62. The molecule has 0 fully saturated rings. The zero-order chi connectivity index (χ0) is 42.3. The van der Waals surface area contributed by atoms with E-state index in [2.05, 4.69) is 10.6 Å². The van der Waals surface area contributed by atoms with Gasteiger partial charge in [-0.15, -0.1) is 0 Å². The minimum atomic E-state index is -4.90. The lowest BCUT2D eigenvalue weighted by Crippen LogP contribution is -2.25. The summed E-state index contributed by atoms with van der Waals surface area (Å²) >= 11 is 0. The summed E-state index contributed by atoms with van der Waals surface area (Å²) < 4.78 is 69.6. The van der Waals surface area contributed by atoms with Crippen LogP contribution in [0.3, 0.4) is 0 Å². The molecule has 2 aliphatic carbocycles. The molecule has 0 aliphatic heterocycles. The normalized spacial score (nSPS) is 14.6. The lowest BCUT2D eigenvalue weighted by Gasteiger charge is -2.28. The first-order chi connectivity index (χ1) is 27.8.